The molecule has 0 amide bonds. The summed E-state index contributed by atoms with van der Waals surface area (Å²) in [7, 11) is 0. The first-order chi connectivity index (χ1) is 6.03. The molecule has 0 saturated carbocycles. The Balaban J connectivity index is 2.45. The van der Waals surface area contributed by atoms with E-state index in [1.165, 1.54) is 0 Å². The average Bonchev–Trinajstić information content (AvgIpc) is 2.02. The molecule has 0 aromatic rings. The highest BCUT2D eigenvalue weighted by Gasteiger charge is 2.36. The van der Waals surface area contributed by atoms with Gasteiger partial charge in [-0.15, -0.1) is 0 Å². The van der Waals surface area contributed by atoms with Gasteiger partial charge in [0.2, 0.25) is 0 Å². The molecule has 2 atom stereocenters. The first kappa shape index (κ1) is 11.2. The van der Waals surface area contributed by atoms with Crippen molar-refractivity contribution >= 4 is 11.8 Å². The van der Waals surface area contributed by atoms with Crippen LogP contribution in [0.3, 0.4) is 0 Å². The second-order valence-electron chi connectivity index (χ2n) is 3.44. The topological polar surface area (TPSA) is 26.0 Å². The van der Waals surface area contributed by atoms with Crippen molar-refractivity contribution in [2.45, 2.75) is 19.0 Å². The molecule has 1 fully saturated rings. The van der Waals surface area contributed by atoms with Crippen LogP contribution in [0.4, 0.5) is 13.2 Å². The zero-order valence-electron chi connectivity index (χ0n) is 7.31. The molecule has 1 saturated heterocycles. The van der Waals surface area contributed by atoms with Crippen LogP contribution in [0.1, 0.15) is 12.8 Å². The minimum atomic E-state index is -4.03. The van der Waals surface area contributed by atoms with Crippen molar-refractivity contribution < 1.29 is 13.2 Å². The van der Waals surface area contributed by atoms with E-state index in [-0.39, 0.29) is 11.8 Å². The van der Waals surface area contributed by atoms with Gasteiger partial charge in [-0.05, 0) is 36.3 Å². The van der Waals surface area contributed by atoms with Crippen molar-refractivity contribution in [1.82, 2.24) is 0 Å². The standard InChI is InChI=1S/C8H14F3NS/c9-8(10,11)3-7-5-13-2-1-6(7)4-12/h6-7H,1-5,12H2. The molecule has 0 radical (unpaired) electrons. The minimum Gasteiger partial charge on any atom is -0.330 e. The molecule has 0 aromatic heterocycles. The zero-order chi connectivity index (χ0) is 9.90. The lowest BCUT2D eigenvalue weighted by Crippen LogP contribution is -2.32. The number of hydrogen-bond donors (Lipinski definition) is 1. The van der Waals surface area contributed by atoms with E-state index in [1.54, 1.807) is 11.8 Å². The third-order valence-corrected chi connectivity index (χ3v) is 3.62. The van der Waals surface area contributed by atoms with Crippen LogP contribution >= 0.6 is 11.8 Å². The van der Waals surface area contributed by atoms with Gasteiger partial charge in [0, 0.05) is 6.42 Å². The van der Waals surface area contributed by atoms with Crippen molar-refractivity contribution in [1.29, 1.82) is 0 Å². The molecule has 13 heavy (non-hydrogen) atoms. The second-order valence-corrected chi connectivity index (χ2v) is 4.59. The third-order valence-electron chi connectivity index (χ3n) is 2.43. The van der Waals surface area contributed by atoms with Crippen molar-refractivity contribution in [3.8, 4) is 0 Å². The van der Waals surface area contributed by atoms with Gasteiger partial charge in [0.15, 0.2) is 0 Å². The maximum Gasteiger partial charge on any atom is 0.389 e. The van der Waals surface area contributed by atoms with Gasteiger partial charge in [-0.25, -0.2) is 0 Å². The molecule has 1 aliphatic heterocycles. The minimum absolute atomic E-state index is 0.0721. The monoisotopic (exact) mass is 213 g/mol. The second kappa shape index (κ2) is 4.55. The molecule has 0 aromatic carbocycles. The van der Waals surface area contributed by atoms with E-state index in [4.69, 9.17) is 5.73 Å². The zero-order valence-corrected chi connectivity index (χ0v) is 8.13. The van der Waals surface area contributed by atoms with Crippen LogP contribution in [0.15, 0.2) is 0 Å². The highest BCUT2D eigenvalue weighted by molar-refractivity contribution is 7.99. The molecule has 0 aliphatic carbocycles. The van der Waals surface area contributed by atoms with Crippen molar-refractivity contribution in [2.75, 3.05) is 18.1 Å². The number of rotatable bonds is 2. The number of thioether (sulfide) groups is 1. The normalized spacial score (nSPS) is 30.5. The summed E-state index contributed by atoms with van der Waals surface area (Å²) in [5.74, 6) is 1.38. The Kier molecular flexibility index (Phi) is 3.91. The van der Waals surface area contributed by atoms with Crippen molar-refractivity contribution in [3.63, 3.8) is 0 Å². The van der Waals surface area contributed by atoms with Crippen LogP contribution in [0, 0.1) is 11.8 Å². The summed E-state index contributed by atoms with van der Waals surface area (Å²) in [6, 6.07) is 0. The SMILES string of the molecule is NCC1CCSCC1CC(F)(F)F. The van der Waals surface area contributed by atoms with Gasteiger partial charge in [0.25, 0.3) is 0 Å². The van der Waals surface area contributed by atoms with Gasteiger partial charge in [-0.1, -0.05) is 0 Å². The smallest absolute Gasteiger partial charge is 0.330 e. The van der Waals surface area contributed by atoms with Crippen LogP contribution < -0.4 is 5.73 Å². The predicted octanol–water partition coefficient (Wildman–Crippen LogP) is 2.27. The molecular weight excluding hydrogens is 199 g/mol. The van der Waals surface area contributed by atoms with E-state index in [9.17, 15) is 13.2 Å². The molecular formula is C8H14F3NS. The van der Waals surface area contributed by atoms with Gasteiger partial charge >= 0.3 is 6.18 Å². The molecule has 0 bridgehead atoms. The average molecular weight is 213 g/mol. The number of alkyl halides is 3. The predicted molar refractivity (Wildman–Crippen MR) is 48.6 cm³/mol. The van der Waals surface area contributed by atoms with E-state index in [0.717, 1.165) is 12.2 Å². The molecule has 2 unspecified atom stereocenters. The Morgan fingerprint density at radius 3 is 2.54 bits per heavy atom. The Morgan fingerprint density at radius 2 is 2.00 bits per heavy atom. The highest BCUT2D eigenvalue weighted by atomic mass is 32.2. The molecule has 5 heteroatoms. The summed E-state index contributed by atoms with van der Waals surface area (Å²) in [4.78, 5) is 0. The fourth-order valence-corrected chi connectivity index (χ4v) is 3.00. The van der Waals surface area contributed by atoms with Gasteiger partial charge < -0.3 is 5.73 Å². The van der Waals surface area contributed by atoms with Crippen LogP contribution in [0.5, 0.6) is 0 Å². The molecule has 0 spiro atoms. The maximum atomic E-state index is 12.1. The van der Waals surface area contributed by atoms with E-state index < -0.39 is 12.6 Å². The maximum absolute atomic E-state index is 12.1. The number of halogens is 3. The molecule has 2 N–H and O–H groups in total. The lowest BCUT2D eigenvalue weighted by molar-refractivity contribution is -0.146. The number of hydrogen-bond acceptors (Lipinski definition) is 2. The summed E-state index contributed by atoms with van der Waals surface area (Å²) in [6.07, 6.45) is -3.86. The molecule has 1 aliphatic rings. The third kappa shape index (κ3) is 3.77. The lowest BCUT2D eigenvalue weighted by Gasteiger charge is -2.30. The fourth-order valence-electron chi connectivity index (χ4n) is 1.67. The number of nitrogens with two attached hydrogens (primary N) is 1. The first-order valence-electron chi connectivity index (χ1n) is 4.37. The Labute approximate surface area is 80.2 Å². The van der Waals surface area contributed by atoms with Gasteiger partial charge in [0.1, 0.15) is 0 Å². The summed E-state index contributed by atoms with van der Waals surface area (Å²) >= 11 is 1.61. The molecule has 1 heterocycles. The summed E-state index contributed by atoms with van der Waals surface area (Å²) in [5, 5.41) is 0. The Hall–Kier alpha value is 0.100. The summed E-state index contributed by atoms with van der Waals surface area (Å²) < 4.78 is 36.3. The Bertz CT molecular complexity index is 160. The van der Waals surface area contributed by atoms with E-state index in [1.807, 2.05) is 0 Å². The highest BCUT2D eigenvalue weighted by Crippen LogP contribution is 2.36. The van der Waals surface area contributed by atoms with Crippen LogP contribution in [0.2, 0.25) is 0 Å². The van der Waals surface area contributed by atoms with Crippen LogP contribution in [0.25, 0.3) is 0 Å². The van der Waals surface area contributed by atoms with Gasteiger partial charge in [-0.3, -0.25) is 0 Å². The fraction of sp³-hybridized carbons (Fsp3) is 1.00. The lowest BCUT2D eigenvalue weighted by atomic mass is 9.88. The van der Waals surface area contributed by atoms with Crippen molar-refractivity contribution in [2.24, 2.45) is 17.6 Å². The van der Waals surface area contributed by atoms with Crippen LogP contribution in [-0.2, 0) is 0 Å². The molecule has 1 nitrogen and oxygen atoms in total. The van der Waals surface area contributed by atoms with Crippen LogP contribution in [-0.4, -0.2) is 24.2 Å². The molecule has 1 rings (SSSR count). The molecule has 78 valence electrons. The van der Waals surface area contributed by atoms with Crippen molar-refractivity contribution in [3.05, 3.63) is 0 Å². The largest absolute Gasteiger partial charge is 0.389 e. The summed E-state index contributed by atoms with van der Waals surface area (Å²) in [5.41, 5.74) is 5.44. The Morgan fingerprint density at radius 1 is 1.31 bits per heavy atom. The quantitative estimate of drug-likeness (QED) is 0.761. The van der Waals surface area contributed by atoms with Gasteiger partial charge in [-0.2, -0.15) is 24.9 Å². The van der Waals surface area contributed by atoms with E-state index in [2.05, 4.69) is 0 Å². The first-order valence-corrected chi connectivity index (χ1v) is 5.53. The van der Waals surface area contributed by atoms with Gasteiger partial charge in [0.05, 0.1) is 0 Å². The summed E-state index contributed by atoms with van der Waals surface area (Å²) in [6.45, 7) is 0.390. The van der Waals surface area contributed by atoms with E-state index in [0.29, 0.717) is 12.3 Å². The van der Waals surface area contributed by atoms with E-state index >= 15 is 0 Å².